The second kappa shape index (κ2) is 4.95. The molecule has 0 amide bonds. The average Bonchev–Trinajstić information content (AvgIpc) is 2.11. The molecule has 1 heteroatoms. The van der Waals surface area contributed by atoms with Gasteiger partial charge in [-0.15, -0.1) is 0 Å². The first-order chi connectivity index (χ1) is 6.57. The SMILES string of the molecule is CCCC1C(=O)C(C(C)C)CCC1C. The van der Waals surface area contributed by atoms with Crippen LogP contribution in [0.1, 0.15) is 53.4 Å². The third-order valence-corrected chi connectivity index (χ3v) is 3.76. The van der Waals surface area contributed by atoms with Crippen LogP contribution in [0.5, 0.6) is 0 Å². The molecule has 0 spiro atoms. The molecule has 3 atom stereocenters. The van der Waals surface area contributed by atoms with Gasteiger partial charge in [-0.3, -0.25) is 4.79 Å². The Morgan fingerprint density at radius 1 is 1.36 bits per heavy atom. The lowest BCUT2D eigenvalue weighted by atomic mass is 9.69. The van der Waals surface area contributed by atoms with E-state index in [1.807, 2.05) is 0 Å². The third kappa shape index (κ3) is 2.37. The van der Waals surface area contributed by atoms with E-state index in [0.717, 1.165) is 19.3 Å². The maximum Gasteiger partial charge on any atom is 0.139 e. The van der Waals surface area contributed by atoms with Crippen molar-refractivity contribution < 1.29 is 4.79 Å². The highest BCUT2D eigenvalue weighted by Gasteiger charge is 2.36. The standard InChI is InChI=1S/C13H24O/c1-5-6-12-10(4)7-8-11(9(2)3)13(12)14/h9-12H,5-8H2,1-4H3. The zero-order chi connectivity index (χ0) is 10.7. The second-order valence-electron chi connectivity index (χ2n) is 5.20. The first-order valence-electron chi connectivity index (χ1n) is 6.11. The van der Waals surface area contributed by atoms with Crippen molar-refractivity contribution in [1.29, 1.82) is 0 Å². The van der Waals surface area contributed by atoms with Crippen molar-refractivity contribution in [3.05, 3.63) is 0 Å². The van der Waals surface area contributed by atoms with E-state index in [2.05, 4.69) is 27.7 Å². The molecule has 14 heavy (non-hydrogen) atoms. The summed E-state index contributed by atoms with van der Waals surface area (Å²) < 4.78 is 0. The molecule has 0 N–H and O–H groups in total. The molecule has 0 bridgehead atoms. The van der Waals surface area contributed by atoms with Gasteiger partial charge < -0.3 is 0 Å². The minimum atomic E-state index is 0.350. The molecule has 0 aromatic rings. The minimum Gasteiger partial charge on any atom is -0.299 e. The normalized spacial score (nSPS) is 33.8. The lowest BCUT2D eigenvalue weighted by Gasteiger charge is -2.34. The Hall–Kier alpha value is -0.330. The van der Waals surface area contributed by atoms with Crippen molar-refractivity contribution in [3.63, 3.8) is 0 Å². The summed E-state index contributed by atoms with van der Waals surface area (Å²) >= 11 is 0. The molecule has 1 saturated carbocycles. The number of ketones is 1. The number of hydrogen-bond donors (Lipinski definition) is 0. The van der Waals surface area contributed by atoms with Crippen molar-refractivity contribution in [2.45, 2.75) is 53.4 Å². The molecule has 0 heterocycles. The maximum absolute atomic E-state index is 12.2. The van der Waals surface area contributed by atoms with E-state index in [0.29, 0.717) is 29.5 Å². The number of hydrogen-bond acceptors (Lipinski definition) is 1. The van der Waals surface area contributed by atoms with Crippen LogP contribution in [0.15, 0.2) is 0 Å². The molecule has 1 aliphatic rings. The molecule has 0 aliphatic heterocycles. The third-order valence-electron chi connectivity index (χ3n) is 3.76. The average molecular weight is 196 g/mol. The van der Waals surface area contributed by atoms with E-state index >= 15 is 0 Å². The van der Waals surface area contributed by atoms with Gasteiger partial charge in [0.15, 0.2) is 0 Å². The van der Waals surface area contributed by atoms with Gasteiger partial charge in [0, 0.05) is 11.8 Å². The van der Waals surface area contributed by atoms with Crippen LogP contribution in [0.4, 0.5) is 0 Å². The van der Waals surface area contributed by atoms with Gasteiger partial charge in [0.25, 0.3) is 0 Å². The summed E-state index contributed by atoms with van der Waals surface area (Å²) in [6.45, 7) is 8.79. The van der Waals surface area contributed by atoms with Crippen molar-refractivity contribution in [2.75, 3.05) is 0 Å². The van der Waals surface area contributed by atoms with E-state index in [1.54, 1.807) is 0 Å². The van der Waals surface area contributed by atoms with Crippen LogP contribution in [-0.2, 0) is 4.79 Å². The summed E-state index contributed by atoms with van der Waals surface area (Å²) in [6, 6.07) is 0. The zero-order valence-corrected chi connectivity index (χ0v) is 10.0. The van der Waals surface area contributed by atoms with Crippen LogP contribution in [0.3, 0.4) is 0 Å². The van der Waals surface area contributed by atoms with Crippen LogP contribution in [0, 0.1) is 23.7 Å². The van der Waals surface area contributed by atoms with Crippen LogP contribution in [-0.4, -0.2) is 5.78 Å². The molecule has 1 rings (SSSR count). The molecule has 0 saturated heterocycles. The Morgan fingerprint density at radius 3 is 2.50 bits per heavy atom. The Kier molecular flexibility index (Phi) is 4.15. The highest BCUT2D eigenvalue weighted by molar-refractivity contribution is 5.84. The smallest absolute Gasteiger partial charge is 0.139 e. The van der Waals surface area contributed by atoms with Gasteiger partial charge in [-0.2, -0.15) is 0 Å². The van der Waals surface area contributed by atoms with Gasteiger partial charge >= 0.3 is 0 Å². The highest BCUT2D eigenvalue weighted by atomic mass is 16.1. The second-order valence-corrected chi connectivity index (χ2v) is 5.20. The molecule has 3 unspecified atom stereocenters. The number of carbonyl (C=O) groups is 1. The molecule has 1 fully saturated rings. The topological polar surface area (TPSA) is 17.1 Å². The summed E-state index contributed by atoms with van der Waals surface area (Å²) in [5.41, 5.74) is 0. The van der Waals surface area contributed by atoms with E-state index in [4.69, 9.17) is 0 Å². The molecule has 1 aliphatic carbocycles. The maximum atomic E-state index is 12.2. The number of rotatable bonds is 3. The summed E-state index contributed by atoms with van der Waals surface area (Å²) in [7, 11) is 0. The number of carbonyl (C=O) groups excluding carboxylic acids is 1. The Morgan fingerprint density at radius 2 is 2.00 bits per heavy atom. The Labute approximate surface area is 88.3 Å². The van der Waals surface area contributed by atoms with E-state index in [9.17, 15) is 4.79 Å². The number of Topliss-reactive ketones (excluding diaryl/α,β-unsaturated/α-hetero) is 1. The van der Waals surface area contributed by atoms with Crippen molar-refractivity contribution >= 4 is 5.78 Å². The van der Waals surface area contributed by atoms with Gasteiger partial charge in [-0.05, 0) is 31.1 Å². The predicted molar refractivity (Wildman–Crippen MR) is 60.1 cm³/mol. The molecular formula is C13H24O. The van der Waals surface area contributed by atoms with Gasteiger partial charge in [0.1, 0.15) is 5.78 Å². The molecule has 82 valence electrons. The minimum absolute atomic E-state index is 0.350. The van der Waals surface area contributed by atoms with Gasteiger partial charge in [-0.25, -0.2) is 0 Å². The Balaban J connectivity index is 2.67. The van der Waals surface area contributed by atoms with Crippen molar-refractivity contribution in [3.8, 4) is 0 Å². The van der Waals surface area contributed by atoms with Crippen LogP contribution in [0.2, 0.25) is 0 Å². The summed E-state index contributed by atoms with van der Waals surface area (Å²) in [5.74, 6) is 2.43. The predicted octanol–water partition coefficient (Wildman–Crippen LogP) is 3.67. The lowest BCUT2D eigenvalue weighted by Crippen LogP contribution is -2.36. The Bertz CT molecular complexity index is 195. The molecular weight excluding hydrogens is 172 g/mol. The fraction of sp³-hybridized carbons (Fsp3) is 0.923. The van der Waals surface area contributed by atoms with E-state index in [-0.39, 0.29) is 0 Å². The fourth-order valence-corrected chi connectivity index (χ4v) is 2.74. The van der Waals surface area contributed by atoms with Gasteiger partial charge in [-0.1, -0.05) is 34.1 Å². The van der Waals surface area contributed by atoms with Crippen molar-refractivity contribution in [2.24, 2.45) is 23.7 Å². The quantitative estimate of drug-likeness (QED) is 0.673. The molecule has 0 aromatic heterocycles. The zero-order valence-electron chi connectivity index (χ0n) is 10.0. The molecule has 1 nitrogen and oxygen atoms in total. The van der Waals surface area contributed by atoms with E-state index in [1.165, 1.54) is 6.42 Å². The van der Waals surface area contributed by atoms with Crippen molar-refractivity contribution in [1.82, 2.24) is 0 Å². The van der Waals surface area contributed by atoms with Gasteiger partial charge in [0.2, 0.25) is 0 Å². The van der Waals surface area contributed by atoms with Crippen LogP contribution in [0.25, 0.3) is 0 Å². The summed E-state index contributed by atoms with van der Waals surface area (Å²) in [4.78, 5) is 12.2. The molecule has 0 radical (unpaired) electrons. The highest BCUT2D eigenvalue weighted by Crippen LogP contribution is 2.36. The van der Waals surface area contributed by atoms with Crippen LogP contribution < -0.4 is 0 Å². The molecule has 0 aromatic carbocycles. The largest absolute Gasteiger partial charge is 0.299 e. The lowest BCUT2D eigenvalue weighted by molar-refractivity contribution is -0.133. The van der Waals surface area contributed by atoms with Crippen LogP contribution >= 0.6 is 0 Å². The fourth-order valence-electron chi connectivity index (χ4n) is 2.74. The van der Waals surface area contributed by atoms with E-state index < -0.39 is 0 Å². The monoisotopic (exact) mass is 196 g/mol. The first-order valence-corrected chi connectivity index (χ1v) is 6.11. The first kappa shape index (κ1) is 11.7. The summed E-state index contributed by atoms with van der Waals surface area (Å²) in [6.07, 6.45) is 4.62. The van der Waals surface area contributed by atoms with Gasteiger partial charge in [0.05, 0.1) is 0 Å². The summed E-state index contributed by atoms with van der Waals surface area (Å²) in [5, 5.41) is 0.